The van der Waals surface area contributed by atoms with E-state index in [4.69, 9.17) is 0 Å². The molecule has 0 unspecified atom stereocenters. The van der Waals surface area contributed by atoms with Crippen molar-refractivity contribution in [3.63, 3.8) is 0 Å². The van der Waals surface area contributed by atoms with E-state index in [2.05, 4.69) is 33.6 Å². The first-order chi connectivity index (χ1) is 16.4. The van der Waals surface area contributed by atoms with Crippen LogP contribution in [0.3, 0.4) is 0 Å². The largest absolute Gasteiger partial charge is 0.352 e. The highest BCUT2D eigenvalue weighted by Gasteiger charge is 2.21. The number of hydrogen-bond donors (Lipinski definition) is 1. The molecule has 0 spiro atoms. The van der Waals surface area contributed by atoms with Gasteiger partial charge in [-0.25, -0.2) is 4.98 Å². The Hall–Kier alpha value is -2.67. The van der Waals surface area contributed by atoms with E-state index in [1.807, 2.05) is 36.2 Å². The van der Waals surface area contributed by atoms with Crippen molar-refractivity contribution in [1.29, 1.82) is 0 Å². The Kier molecular flexibility index (Phi) is 9.69. The fourth-order valence-corrected chi connectivity index (χ4v) is 4.61. The number of carbonyl (C=O) groups is 2. The molecule has 0 fully saturated rings. The number of benzene rings is 1. The van der Waals surface area contributed by atoms with E-state index in [9.17, 15) is 9.59 Å². The number of rotatable bonds is 6. The predicted molar refractivity (Wildman–Crippen MR) is 137 cm³/mol. The van der Waals surface area contributed by atoms with Crippen molar-refractivity contribution in [3.05, 3.63) is 47.5 Å². The first kappa shape index (κ1) is 25.9. The van der Waals surface area contributed by atoms with Gasteiger partial charge in [-0.2, -0.15) is 0 Å². The van der Waals surface area contributed by atoms with Crippen molar-refractivity contribution in [1.82, 2.24) is 19.8 Å². The molecule has 0 radical (unpaired) electrons. The molecule has 186 valence electrons. The molecule has 3 rings (SSSR count). The molecule has 1 aromatic heterocycles. The highest BCUT2D eigenvalue weighted by atomic mass is 16.2. The summed E-state index contributed by atoms with van der Waals surface area (Å²) in [4.78, 5) is 34.1. The van der Waals surface area contributed by atoms with E-state index in [1.54, 1.807) is 13.1 Å². The SMILES string of the molecule is CC(=O)N1CCCCCCCN(C(C)C)Cc2cc(C(=O)NCCCn3ccnc3C)ccc21. The zero-order valence-corrected chi connectivity index (χ0v) is 21.3. The molecule has 2 amide bonds. The average Bonchev–Trinajstić information content (AvgIpc) is 3.20. The molecule has 0 saturated carbocycles. The number of nitrogens with zero attached hydrogens (tertiary/aromatic N) is 4. The summed E-state index contributed by atoms with van der Waals surface area (Å²) in [6.45, 7) is 12.0. The quantitative estimate of drug-likeness (QED) is 0.633. The van der Waals surface area contributed by atoms with Crippen molar-refractivity contribution in [3.8, 4) is 0 Å². The van der Waals surface area contributed by atoms with Crippen molar-refractivity contribution >= 4 is 17.5 Å². The van der Waals surface area contributed by atoms with Crippen molar-refractivity contribution < 1.29 is 9.59 Å². The third kappa shape index (κ3) is 7.16. The Morgan fingerprint density at radius 3 is 2.50 bits per heavy atom. The van der Waals surface area contributed by atoms with Crippen LogP contribution < -0.4 is 10.2 Å². The van der Waals surface area contributed by atoms with Gasteiger partial charge < -0.3 is 14.8 Å². The van der Waals surface area contributed by atoms with Gasteiger partial charge in [0.2, 0.25) is 5.91 Å². The number of nitrogens with one attached hydrogen (secondary N) is 1. The monoisotopic (exact) mass is 467 g/mol. The summed E-state index contributed by atoms with van der Waals surface area (Å²) < 4.78 is 2.09. The van der Waals surface area contributed by atoms with E-state index in [0.29, 0.717) is 18.2 Å². The molecule has 0 atom stereocenters. The molecule has 0 bridgehead atoms. The number of carbonyl (C=O) groups excluding carboxylic acids is 2. The molecule has 7 nitrogen and oxygen atoms in total. The third-order valence-corrected chi connectivity index (χ3v) is 6.73. The topological polar surface area (TPSA) is 70.5 Å². The summed E-state index contributed by atoms with van der Waals surface area (Å²) in [5.41, 5.74) is 2.63. The van der Waals surface area contributed by atoms with E-state index >= 15 is 0 Å². The summed E-state index contributed by atoms with van der Waals surface area (Å²) in [6, 6.07) is 6.20. The van der Waals surface area contributed by atoms with Gasteiger partial charge in [-0.05, 0) is 70.3 Å². The maximum Gasteiger partial charge on any atom is 0.251 e. The van der Waals surface area contributed by atoms with Crippen LogP contribution in [0.2, 0.25) is 0 Å². The molecule has 1 aromatic carbocycles. The van der Waals surface area contributed by atoms with Gasteiger partial charge in [-0.15, -0.1) is 0 Å². The lowest BCUT2D eigenvalue weighted by atomic mass is 10.0. The van der Waals surface area contributed by atoms with Crippen molar-refractivity contribution in [2.24, 2.45) is 0 Å². The molecule has 0 saturated heterocycles. The number of hydrogen-bond acceptors (Lipinski definition) is 4. The summed E-state index contributed by atoms with van der Waals surface area (Å²) in [6.07, 6.45) is 10.4. The summed E-state index contributed by atoms with van der Waals surface area (Å²) in [5.74, 6) is 0.971. The highest BCUT2D eigenvalue weighted by Crippen LogP contribution is 2.26. The smallest absolute Gasteiger partial charge is 0.251 e. The minimum Gasteiger partial charge on any atom is -0.352 e. The molecule has 1 aliphatic heterocycles. The van der Waals surface area contributed by atoms with Gasteiger partial charge in [0.25, 0.3) is 5.91 Å². The van der Waals surface area contributed by atoms with Crippen LogP contribution in [0.25, 0.3) is 0 Å². The lowest BCUT2D eigenvalue weighted by Gasteiger charge is -2.31. The van der Waals surface area contributed by atoms with Crippen LogP contribution in [0.4, 0.5) is 5.69 Å². The van der Waals surface area contributed by atoms with Crippen molar-refractivity contribution in [2.45, 2.75) is 85.4 Å². The van der Waals surface area contributed by atoms with Gasteiger partial charge in [0.05, 0.1) is 0 Å². The predicted octanol–water partition coefficient (Wildman–Crippen LogP) is 4.54. The Labute approximate surface area is 204 Å². The number of anilines is 1. The van der Waals surface area contributed by atoms with Crippen LogP contribution >= 0.6 is 0 Å². The zero-order chi connectivity index (χ0) is 24.5. The molecule has 1 aliphatic rings. The van der Waals surface area contributed by atoms with E-state index in [1.165, 1.54) is 19.3 Å². The van der Waals surface area contributed by atoms with Crippen LogP contribution in [0.15, 0.2) is 30.6 Å². The maximum atomic E-state index is 12.9. The van der Waals surface area contributed by atoms with Crippen LogP contribution in [0.5, 0.6) is 0 Å². The molecular formula is C27H41N5O2. The van der Waals surface area contributed by atoms with E-state index in [0.717, 1.165) is 62.5 Å². The van der Waals surface area contributed by atoms with Gasteiger partial charge in [0, 0.05) is 62.8 Å². The first-order valence-electron chi connectivity index (χ1n) is 12.8. The molecular weight excluding hydrogens is 426 g/mol. The minimum atomic E-state index is -0.0678. The molecule has 0 aliphatic carbocycles. The molecule has 2 aromatic rings. The first-order valence-corrected chi connectivity index (χ1v) is 12.8. The molecule has 7 heteroatoms. The van der Waals surface area contributed by atoms with Crippen LogP contribution in [0.1, 0.15) is 81.0 Å². The zero-order valence-electron chi connectivity index (χ0n) is 21.3. The van der Waals surface area contributed by atoms with Crippen LogP contribution in [0, 0.1) is 6.92 Å². The highest BCUT2D eigenvalue weighted by molar-refractivity contribution is 5.97. The molecule has 2 heterocycles. The maximum absolute atomic E-state index is 12.9. The lowest BCUT2D eigenvalue weighted by Crippen LogP contribution is -2.35. The van der Waals surface area contributed by atoms with E-state index < -0.39 is 0 Å². The number of amides is 2. The summed E-state index contributed by atoms with van der Waals surface area (Å²) in [5, 5.41) is 3.06. The Bertz CT molecular complexity index is 952. The minimum absolute atomic E-state index is 0.0569. The van der Waals surface area contributed by atoms with Crippen LogP contribution in [-0.2, 0) is 17.9 Å². The fraction of sp³-hybridized carbons (Fsp3) is 0.593. The molecule has 34 heavy (non-hydrogen) atoms. The summed E-state index contributed by atoms with van der Waals surface area (Å²) in [7, 11) is 0. The van der Waals surface area contributed by atoms with Crippen molar-refractivity contribution in [2.75, 3.05) is 24.5 Å². The Morgan fingerprint density at radius 1 is 1.09 bits per heavy atom. The second-order valence-corrected chi connectivity index (χ2v) is 9.62. The fourth-order valence-electron chi connectivity index (χ4n) is 4.61. The Balaban J connectivity index is 1.77. The van der Waals surface area contributed by atoms with E-state index in [-0.39, 0.29) is 11.8 Å². The second kappa shape index (κ2) is 12.7. The van der Waals surface area contributed by atoms with Gasteiger partial charge in [-0.3, -0.25) is 14.5 Å². The van der Waals surface area contributed by atoms with Gasteiger partial charge >= 0.3 is 0 Å². The third-order valence-electron chi connectivity index (χ3n) is 6.73. The number of fused-ring (bicyclic) bond motifs is 1. The number of imidazole rings is 1. The number of aryl methyl sites for hydroxylation is 2. The van der Waals surface area contributed by atoms with Gasteiger partial charge in [0.15, 0.2) is 0 Å². The van der Waals surface area contributed by atoms with Gasteiger partial charge in [-0.1, -0.05) is 19.3 Å². The second-order valence-electron chi connectivity index (χ2n) is 9.62. The van der Waals surface area contributed by atoms with Crippen LogP contribution in [-0.4, -0.2) is 51.9 Å². The standard InChI is InChI=1S/C27H41N5O2/c1-21(2)31-15-8-6-5-7-9-17-32(23(4)33)26-12-11-24(19-25(26)20-31)27(34)29-13-10-16-30-18-14-28-22(30)3/h11-12,14,18-19,21H,5-10,13,15-17,20H2,1-4H3,(H,29,34). The lowest BCUT2D eigenvalue weighted by molar-refractivity contribution is -0.116. The normalized spacial score (nSPS) is 16.0. The number of aromatic nitrogens is 2. The average molecular weight is 468 g/mol. The van der Waals surface area contributed by atoms with Gasteiger partial charge in [0.1, 0.15) is 5.82 Å². The Morgan fingerprint density at radius 2 is 1.82 bits per heavy atom. The summed E-state index contributed by atoms with van der Waals surface area (Å²) >= 11 is 0. The molecule has 1 N–H and O–H groups in total.